The van der Waals surface area contributed by atoms with Gasteiger partial charge in [0.1, 0.15) is 0 Å². The molecule has 2 aromatic heterocycles. The molecule has 1 amide bonds. The second kappa shape index (κ2) is 6.25. The number of aromatic nitrogens is 1. The van der Waals surface area contributed by atoms with Crippen LogP contribution in [0, 0.1) is 0 Å². The zero-order chi connectivity index (χ0) is 17.7. The van der Waals surface area contributed by atoms with Crippen molar-refractivity contribution in [1.82, 2.24) is 9.47 Å². The fourth-order valence-corrected chi connectivity index (χ4v) is 5.65. The van der Waals surface area contributed by atoms with Gasteiger partial charge in [-0.3, -0.25) is 9.69 Å². The van der Waals surface area contributed by atoms with Crippen LogP contribution in [0.5, 0.6) is 0 Å². The number of hydrogen-bond acceptors (Lipinski definition) is 3. The van der Waals surface area contributed by atoms with E-state index in [2.05, 4.69) is 39.2 Å². The van der Waals surface area contributed by atoms with Gasteiger partial charge in [-0.2, -0.15) is 0 Å². The number of primary amides is 1. The van der Waals surface area contributed by atoms with Gasteiger partial charge >= 0.3 is 0 Å². The lowest BCUT2D eigenvalue weighted by molar-refractivity contribution is 0.0998. The van der Waals surface area contributed by atoms with Crippen molar-refractivity contribution in [3.8, 4) is 0 Å². The molecule has 4 nitrogen and oxygen atoms in total. The van der Waals surface area contributed by atoms with Crippen LogP contribution in [0.25, 0.3) is 10.9 Å². The minimum atomic E-state index is -0.356. The fraction of sp³-hybridized carbons (Fsp3) is 0.381. The van der Waals surface area contributed by atoms with Crippen LogP contribution >= 0.6 is 11.3 Å². The van der Waals surface area contributed by atoms with Crippen molar-refractivity contribution in [3.63, 3.8) is 0 Å². The molecule has 3 atom stereocenters. The summed E-state index contributed by atoms with van der Waals surface area (Å²) in [5.74, 6) is -0.356. The molecule has 1 aromatic carbocycles. The Bertz CT molecular complexity index is 931. The Morgan fingerprint density at radius 3 is 2.62 bits per heavy atom. The summed E-state index contributed by atoms with van der Waals surface area (Å²) < 4.78 is 2.38. The number of thiophene rings is 1. The van der Waals surface area contributed by atoms with Gasteiger partial charge < -0.3 is 10.3 Å². The third-order valence-corrected chi connectivity index (χ3v) is 7.04. The van der Waals surface area contributed by atoms with Crippen LogP contribution in [0.4, 0.5) is 0 Å². The molecular formula is C21H23N3OS. The van der Waals surface area contributed by atoms with Crippen LogP contribution in [-0.4, -0.2) is 27.5 Å². The van der Waals surface area contributed by atoms with Crippen molar-refractivity contribution in [2.45, 2.75) is 50.4 Å². The number of nitrogens with zero attached hydrogens (tertiary/aromatic N) is 2. The Labute approximate surface area is 157 Å². The standard InChI is InChI=1S/C21H23N3OS/c22-21(25)15-4-3-14-7-8-23(20(14)10-15)18-11-16-5-6-17(12-18)24(16)13-19-2-1-9-26-19/h1-4,7-10,16-18H,5-6,11-13H2,(H2,22,25)/t16-,17+,18?. The van der Waals surface area contributed by atoms with E-state index >= 15 is 0 Å². The zero-order valence-electron chi connectivity index (χ0n) is 14.7. The summed E-state index contributed by atoms with van der Waals surface area (Å²) in [6, 6.07) is 14.2. The highest BCUT2D eigenvalue weighted by Gasteiger charge is 2.41. The zero-order valence-corrected chi connectivity index (χ0v) is 15.5. The van der Waals surface area contributed by atoms with E-state index in [1.54, 1.807) is 0 Å². The normalized spacial score (nSPS) is 25.8. The Morgan fingerprint density at radius 2 is 1.92 bits per heavy atom. The van der Waals surface area contributed by atoms with Crippen LogP contribution in [0.1, 0.15) is 47.0 Å². The highest BCUT2D eigenvalue weighted by molar-refractivity contribution is 7.09. The van der Waals surface area contributed by atoms with Gasteiger partial charge in [-0.25, -0.2) is 0 Å². The van der Waals surface area contributed by atoms with Crippen molar-refractivity contribution >= 4 is 28.1 Å². The molecule has 2 aliphatic rings. The lowest BCUT2D eigenvalue weighted by Gasteiger charge is -2.39. The van der Waals surface area contributed by atoms with Gasteiger partial charge in [0.05, 0.1) is 0 Å². The monoisotopic (exact) mass is 365 g/mol. The van der Waals surface area contributed by atoms with Gasteiger partial charge in [-0.15, -0.1) is 11.3 Å². The maximum Gasteiger partial charge on any atom is 0.248 e. The van der Waals surface area contributed by atoms with Gasteiger partial charge in [-0.1, -0.05) is 12.1 Å². The average molecular weight is 366 g/mol. The molecule has 2 saturated heterocycles. The van der Waals surface area contributed by atoms with Gasteiger partial charge in [0.25, 0.3) is 0 Å². The lowest BCUT2D eigenvalue weighted by Crippen LogP contribution is -2.42. The number of fused-ring (bicyclic) bond motifs is 3. The minimum Gasteiger partial charge on any atom is -0.366 e. The first-order chi connectivity index (χ1) is 12.7. The Morgan fingerprint density at radius 1 is 1.12 bits per heavy atom. The first-order valence-electron chi connectivity index (χ1n) is 9.37. The summed E-state index contributed by atoms with van der Waals surface area (Å²) in [6.45, 7) is 1.10. The summed E-state index contributed by atoms with van der Waals surface area (Å²) >= 11 is 1.86. The largest absolute Gasteiger partial charge is 0.366 e. The van der Waals surface area contributed by atoms with Crippen LogP contribution < -0.4 is 5.73 Å². The summed E-state index contributed by atoms with van der Waals surface area (Å²) in [6.07, 6.45) is 7.17. The highest BCUT2D eigenvalue weighted by atomic mass is 32.1. The average Bonchev–Trinajstić information content (AvgIpc) is 3.34. The number of rotatable bonds is 4. The molecule has 5 rings (SSSR count). The summed E-state index contributed by atoms with van der Waals surface area (Å²) in [5.41, 5.74) is 7.21. The molecule has 3 aromatic rings. The SMILES string of the molecule is NC(=O)c1ccc2ccn(C3C[C@H]4CC[C@@H](C3)N4Cc3cccs3)c2c1. The number of piperidine rings is 1. The molecule has 5 heteroatoms. The molecule has 0 radical (unpaired) electrons. The van der Waals surface area contributed by atoms with E-state index in [4.69, 9.17) is 5.73 Å². The second-order valence-electron chi connectivity index (χ2n) is 7.62. The molecule has 134 valence electrons. The van der Waals surface area contributed by atoms with Crippen LogP contribution in [0.3, 0.4) is 0 Å². The van der Waals surface area contributed by atoms with Gasteiger partial charge in [-0.05, 0) is 60.7 Å². The molecular weight excluding hydrogens is 342 g/mol. The molecule has 2 bridgehead atoms. The van der Waals surface area contributed by atoms with Gasteiger partial charge in [0.15, 0.2) is 0 Å². The molecule has 2 fully saturated rings. The third kappa shape index (κ3) is 2.66. The Balaban J connectivity index is 1.42. The smallest absolute Gasteiger partial charge is 0.248 e. The number of amides is 1. The van der Waals surface area contributed by atoms with Crippen LogP contribution in [-0.2, 0) is 6.54 Å². The Kier molecular flexibility index (Phi) is 3.87. The predicted molar refractivity (Wildman–Crippen MR) is 105 cm³/mol. The molecule has 4 heterocycles. The van der Waals surface area contributed by atoms with Crippen molar-refractivity contribution in [3.05, 3.63) is 58.4 Å². The number of carbonyl (C=O) groups is 1. The van der Waals surface area contributed by atoms with E-state index in [0.29, 0.717) is 23.7 Å². The minimum absolute atomic E-state index is 0.356. The van der Waals surface area contributed by atoms with Crippen LogP contribution in [0.2, 0.25) is 0 Å². The molecule has 2 N–H and O–H groups in total. The van der Waals surface area contributed by atoms with E-state index in [1.165, 1.54) is 35.9 Å². The molecule has 1 unspecified atom stereocenters. The first-order valence-corrected chi connectivity index (χ1v) is 10.3. The topological polar surface area (TPSA) is 51.3 Å². The fourth-order valence-electron chi connectivity index (χ4n) is 4.93. The van der Waals surface area contributed by atoms with Gasteiger partial charge in [0, 0.05) is 46.8 Å². The number of benzene rings is 1. The Hall–Kier alpha value is -2.11. The maximum atomic E-state index is 11.6. The molecule has 26 heavy (non-hydrogen) atoms. The molecule has 0 aliphatic carbocycles. The summed E-state index contributed by atoms with van der Waals surface area (Å²) in [5, 5.41) is 3.36. The molecule has 2 aliphatic heterocycles. The maximum absolute atomic E-state index is 11.6. The summed E-state index contributed by atoms with van der Waals surface area (Å²) in [7, 11) is 0. The second-order valence-corrected chi connectivity index (χ2v) is 8.66. The number of nitrogens with two attached hydrogens (primary N) is 1. The van der Waals surface area contributed by atoms with E-state index in [9.17, 15) is 4.79 Å². The van der Waals surface area contributed by atoms with E-state index < -0.39 is 0 Å². The van der Waals surface area contributed by atoms with Gasteiger partial charge in [0.2, 0.25) is 5.91 Å². The van der Waals surface area contributed by atoms with Crippen molar-refractivity contribution in [2.75, 3.05) is 0 Å². The lowest BCUT2D eigenvalue weighted by atomic mass is 9.96. The predicted octanol–water partition coefficient (Wildman–Crippen LogP) is 4.17. The van der Waals surface area contributed by atoms with Crippen molar-refractivity contribution in [2.24, 2.45) is 5.73 Å². The van der Waals surface area contributed by atoms with E-state index in [-0.39, 0.29) is 5.91 Å². The van der Waals surface area contributed by atoms with Crippen molar-refractivity contribution < 1.29 is 4.79 Å². The van der Waals surface area contributed by atoms with Crippen LogP contribution in [0.15, 0.2) is 48.0 Å². The first kappa shape index (κ1) is 16.1. The molecule has 0 saturated carbocycles. The van der Waals surface area contributed by atoms with Crippen molar-refractivity contribution in [1.29, 1.82) is 0 Å². The third-order valence-electron chi connectivity index (χ3n) is 6.18. The summed E-state index contributed by atoms with van der Waals surface area (Å²) in [4.78, 5) is 15.8. The quantitative estimate of drug-likeness (QED) is 0.754. The molecule has 0 spiro atoms. The number of carbonyl (C=O) groups excluding carboxylic acids is 1. The van der Waals surface area contributed by atoms with E-state index in [0.717, 1.165) is 12.1 Å². The highest BCUT2D eigenvalue weighted by Crippen LogP contribution is 2.43. The number of hydrogen-bond donors (Lipinski definition) is 1. The van der Waals surface area contributed by atoms with E-state index in [1.807, 2.05) is 29.5 Å².